The van der Waals surface area contributed by atoms with Crippen LogP contribution >= 0.6 is 44.7 Å². The van der Waals surface area contributed by atoms with Crippen LogP contribution < -0.4 is 0 Å². The first-order chi connectivity index (χ1) is 14.2. The minimum absolute atomic E-state index is 0. The molecule has 30 heavy (non-hydrogen) atoms. The van der Waals surface area contributed by atoms with Crippen LogP contribution in [-0.4, -0.2) is 0 Å². The van der Waals surface area contributed by atoms with Crippen molar-refractivity contribution in [2.75, 3.05) is 0 Å². The molecule has 1 unspecified atom stereocenters. The molecule has 1 heterocycles. The normalized spacial score (nSPS) is 15.5. The number of thiol groups is 1. The molecule has 0 nitrogen and oxygen atoms in total. The Labute approximate surface area is 215 Å². The molecule has 1 aliphatic heterocycles. The van der Waals surface area contributed by atoms with Gasteiger partial charge < -0.3 is 13.5 Å². The molecule has 6 rings (SSSR count). The number of benzene rings is 3. The zero-order chi connectivity index (χ0) is 20.2. The Hall–Kier alpha value is -0.347. The molecule has 0 fully saturated rings. The predicted octanol–water partition coefficient (Wildman–Crippen LogP) is 8.73. The Morgan fingerprint density at radius 3 is 2.03 bits per heavy atom. The molecule has 0 N–H and O–H groups in total. The van der Waals surface area contributed by atoms with Crippen LogP contribution in [0.5, 0.6) is 0 Å². The van der Waals surface area contributed by atoms with Crippen molar-refractivity contribution >= 4 is 85.8 Å². The predicted molar refractivity (Wildman–Crippen MR) is 138 cm³/mol. The van der Waals surface area contributed by atoms with E-state index in [1.807, 2.05) is 11.8 Å². The van der Waals surface area contributed by atoms with E-state index in [4.69, 9.17) is 17.0 Å². The zero-order valence-electron chi connectivity index (χ0n) is 15.6. The molecular weight excluding hydrogens is 594 g/mol. The maximum Gasteiger partial charge on any atom is -0.0771 e. The molecule has 4 aromatic rings. The summed E-state index contributed by atoms with van der Waals surface area (Å²) < 4.78 is 1.12. The van der Waals surface area contributed by atoms with Crippen molar-refractivity contribution < 1.29 is 20.8 Å². The first-order valence-electron chi connectivity index (χ1n) is 8.97. The Bertz CT molecular complexity index is 1170. The van der Waals surface area contributed by atoms with E-state index in [1.165, 1.54) is 38.2 Å². The average molecular weight is 611 g/mol. The fourth-order valence-corrected chi connectivity index (χ4v) is 5.44. The van der Waals surface area contributed by atoms with E-state index in [-0.39, 0.29) is 13.5 Å². The minimum atomic E-state index is -0.826. The summed E-state index contributed by atoms with van der Waals surface area (Å²) in [5.41, 5.74) is 4.07. The van der Waals surface area contributed by atoms with Crippen LogP contribution in [0, 0.1) is 6.08 Å². The maximum atomic E-state index is 4.93. The van der Waals surface area contributed by atoms with Crippen LogP contribution in [0.25, 0.3) is 27.6 Å². The van der Waals surface area contributed by atoms with Crippen molar-refractivity contribution in [2.24, 2.45) is 0 Å². The molecule has 0 bridgehead atoms. The Morgan fingerprint density at radius 2 is 1.40 bits per heavy atom. The summed E-state index contributed by atoms with van der Waals surface area (Å²) in [6.07, 6.45) is 5.54. The van der Waals surface area contributed by atoms with E-state index in [9.17, 15) is 0 Å². The van der Waals surface area contributed by atoms with E-state index >= 15 is 0 Å². The van der Waals surface area contributed by atoms with E-state index < -0.39 is 20.8 Å². The van der Waals surface area contributed by atoms with E-state index in [0.29, 0.717) is 5.25 Å². The van der Waals surface area contributed by atoms with E-state index in [2.05, 4.69) is 107 Å². The molecule has 2 aliphatic rings. The average Bonchev–Trinajstić information content (AvgIpc) is 3.39. The van der Waals surface area contributed by atoms with Crippen molar-refractivity contribution in [3.8, 4) is 0 Å². The molecule has 1 aliphatic carbocycles. The smallest absolute Gasteiger partial charge is 0.0771 e. The van der Waals surface area contributed by atoms with Gasteiger partial charge in [-0.25, -0.2) is 6.08 Å². The van der Waals surface area contributed by atoms with Gasteiger partial charge in [-0.1, -0.05) is 76.6 Å². The van der Waals surface area contributed by atoms with Gasteiger partial charge in [0.25, 0.3) is 0 Å². The molecule has 0 saturated carbocycles. The van der Waals surface area contributed by atoms with Crippen LogP contribution in [0.2, 0.25) is 0 Å². The summed E-state index contributed by atoms with van der Waals surface area (Å²) in [7, 11) is 9.87. The summed E-state index contributed by atoms with van der Waals surface area (Å²) in [4.78, 5) is 0. The minimum Gasteiger partial charge on any atom is -0.813 e. The zero-order valence-corrected chi connectivity index (χ0v) is 22.9. The molecule has 0 aromatic heterocycles. The summed E-state index contributed by atoms with van der Waals surface area (Å²) >= 11 is 4.48. The Balaban J connectivity index is 0.000000147. The fraction of sp³-hybridized carbons (Fsp3) is 0.0417. The van der Waals surface area contributed by atoms with Crippen molar-refractivity contribution in [3.05, 3.63) is 105 Å². The van der Waals surface area contributed by atoms with Gasteiger partial charge in [-0.15, -0.1) is 57.1 Å². The van der Waals surface area contributed by atoms with Gasteiger partial charge >= 0.3 is 37.9 Å². The quantitative estimate of drug-likeness (QED) is 0.111. The van der Waals surface area contributed by atoms with Gasteiger partial charge in [0.1, 0.15) is 0 Å². The second-order valence-corrected chi connectivity index (χ2v) is 12.7. The number of allylic oxidation sites excluding steroid dienone is 1. The first-order valence-corrected chi connectivity index (χ1v) is 17.0. The number of rotatable bonds is 0. The summed E-state index contributed by atoms with van der Waals surface area (Å²) in [5, 5.41) is 5.88. The number of halogens is 3. The Kier molecular flexibility index (Phi) is 9.31. The standard InChI is InChI=1S/C13H9.C11H6BrS.2ClH.H2S.Zr/c1-3-7-12-10(5-1)9-11-6-2-4-8-13(11)12;12-10-6-8-5-7-3-1-2-4-9(7)11(8)13-10;;;;/h1-9H;1-5,11H;2*1H;1H2;/q2*-1;;;;+2/p-3. The first kappa shape index (κ1) is 24.3. The van der Waals surface area contributed by atoms with E-state index in [0.717, 1.165) is 3.81 Å². The third kappa shape index (κ3) is 5.34. The number of fused-ring (bicyclic) bond motifs is 6. The molecular formula is C24H16BrCl2S2Zr-3. The van der Waals surface area contributed by atoms with E-state index in [1.54, 1.807) is 0 Å². The molecule has 152 valence electrons. The number of hydrogen-bond donors (Lipinski definition) is 0. The van der Waals surface area contributed by atoms with Gasteiger partial charge in [-0.3, -0.25) is 0 Å². The van der Waals surface area contributed by atoms with Gasteiger partial charge in [0, 0.05) is 5.25 Å². The van der Waals surface area contributed by atoms with Crippen LogP contribution in [0.1, 0.15) is 16.4 Å². The summed E-state index contributed by atoms with van der Waals surface area (Å²) in [6, 6.07) is 27.8. The third-order valence-electron chi connectivity index (χ3n) is 4.86. The van der Waals surface area contributed by atoms with Crippen LogP contribution in [0.15, 0.2) is 88.3 Å². The van der Waals surface area contributed by atoms with Gasteiger partial charge in [-0.05, 0) is 9.38 Å². The van der Waals surface area contributed by atoms with Crippen LogP contribution in [-0.2, 0) is 34.3 Å². The molecule has 0 spiro atoms. The van der Waals surface area contributed by atoms with Gasteiger partial charge in [0.2, 0.25) is 0 Å². The SMILES string of the molecule is BrC1=[C-]C2=Cc3ccccc3C2S1.[Cl][Zr][Cl].[SH-].c1ccc2c(c1)[cH-]c1ccccc12. The molecule has 4 aromatic carbocycles. The maximum absolute atomic E-state index is 4.93. The van der Waals surface area contributed by atoms with Crippen molar-refractivity contribution in [3.63, 3.8) is 0 Å². The number of hydrogen-bond acceptors (Lipinski definition) is 2. The van der Waals surface area contributed by atoms with Gasteiger partial charge in [0.05, 0.1) is 0 Å². The molecule has 1 atom stereocenters. The molecule has 0 saturated heterocycles. The van der Waals surface area contributed by atoms with Crippen molar-refractivity contribution in [2.45, 2.75) is 5.25 Å². The monoisotopic (exact) mass is 607 g/mol. The Morgan fingerprint density at radius 1 is 0.867 bits per heavy atom. The topological polar surface area (TPSA) is 0 Å². The second kappa shape index (κ2) is 11.5. The van der Waals surface area contributed by atoms with Gasteiger partial charge in [-0.2, -0.15) is 11.6 Å². The van der Waals surface area contributed by atoms with Crippen molar-refractivity contribution in [1.82, 2.24) is 0 Å². The third-order valence-corrected chi connectivity index (χ3v) is 6.67. The van der Waals surface area contributed by atoms with Crippen molar-refractivity contribution in [1.29, 1.82) is 0 Å². The second-order valence-electron chi connectivity index (χ2n) is 6.52. The largest absolute Gasteiger partial charge is 0.813 e. The molecule has 6 heteroatoms. The van der Waals surface area contributed by atoms with Gasteiger partial charge in [0.15, 0.2) is 0 Å². The summed E-state index contributed by atoms with van der Waals surface area (Å²) in [5.74, 6) is 0. The van der Waals surface area contributed by atoms with Crippen LogP contribution in [0.3, 0.4) is 0 Å². The van der Waals surface area contributed by atoms with Crippen LogP contribution in [0.4, 0.5) is 0 Å². The fourth-order valence-electron chi connectivity index (χ4n) is 3.67. The summed E-state index contributed by atoms with van der Waals surface area (Å²) in [6.45, 7) is 0. The molecule has 0 amide bonds. The molecule has 0 radical (unpaired) electrons. The number of thioether (sulfide) groups is 1.